The van der Waals surface area contributed by atoms with E-state index in [1.807, 2.05) is 28.8 Å². The van der Waals surface area contributed by atoms with Crippen LogP contribution < -0.4 is 15.8 Å². The second-order valence-electron chi connectivity index (χ2n) is 9.80. The number of hydrogen-bond acceptors (Lipinski definition) is 6. The highest BCUT2D eigenvalue weighted by molar-refractivity contribution is 9.10. The second kappa shape index (κ2) is 9.83. The number of halogens is 1. The number of nitrogens with one attached hydrogen (secondary N) is 1. The Morgan fingerprint density at radius 3 is 2.62 bits per heavy atom. The lowest BCUT2D eigenvalue weighted by Crippen LogP contribution is -2.47. The van der Waals surface area contributed by atoms with Gasteiger partial charge >= 0.3 is 0 Å². The summed E-state index contributed by atoms with van der Waals surface area (Å²) >= 11 is 3.24. The molecule has 6 rings (SSSR count). The van der Waals surface area contributed by atoms with E-state index in [1.165, 1.54) is 0 Å². The Bertz CT molecular complexity index is 1410. The molecule has 0 spiro atoms. The van der Waals surface area contributed by atoms with E-state index in [9.17, 15) is 14.4 Å². The maximum atomic E-state index is 13.2. The molecular weight excluding hydrogens is 540 g/mol. The van der Waals surface area contributed by atoms with Crippen molar-refractivity contribution in [1.82, 2.24) is 9.47 Å². The van der Waals surface area contributed by atoms with Crippen molar-refractivity contribution in [2.45, 2.75) is 18.9 Å². The Labute approximate surface area is 222 Å². The van der Waals surface area contributed by atoms with Crippen molar-refractivity contribution in [1.29, 1.82) is 0 Å². The summed E-state index contributed by atoms with van der Waals surface area (Å²) in [7, 11) is 0. The number of morpholine rings is 1. The largest absolute Gasteiger partial charge is 0.444 e. The van der Waals surface area contributed by atoms with Crippen molar-refractivity contribution in [2.75, 3.05) is 49.6 Å². The predicted octanol–water partition coefficient (Wildman–Crippen LogP) is 3.55. The van der Waals surface area contributed by atoms with E-state index in [-0.39, 0.29) is 23.1 Å². The summed E-state index contributed by atoms with van der Waals surface area (Å²) in [5.41, 5.74) is 3.01. The maximum Gasteiger partial charge on any atom is 0.291 e. The number of hydrogen-bond donors (Lipinski definition) is 1. The third-order valence-corrected chi connectivity index (χ3v) is 7.83. The van der Waals surface area contributed by atoms with Gasteiger partial charge in [-0.25, -0.2) is 0 Å². The summed E-state index contributed by atoms with van der Waals surface area (Å²) in [6.45, 7) is 4.25. The number of furan rings is 1. The summed E-state index contributed by atoms with van der Waals surface area (Å²) < 4.78 is 13.2. The van der Waals surface area contributed by atoms with E-state index in [1.54, 1.807) is 29.2 Å². The Balaban J connectivity index is 1.33. The maximum absolute atomic E-state index is 13.2. The van der Waals surface area contributed by atoms with Gasteiger partial charge < -0.3 is 28.8 Å². The van der Waals surface area contributed by atoms with Crippen LogP contribution in [0.2, 0.25) is 0 Å². The minimum atomic E-state index is -0.392. The molecule has 5 heterocycles. The van der Waals surface area contributed by atoms with Gasteiger partial charge in [-0.15, -0.1) is 0 Å². The number of amides is 2. The van der Waals surface area contributed by atoms with Crippen molar-refractivity contribution in [2.24, 2.45) is 5.92 Å². The van der Waals surface area contributed by atoms with Gasteiger partial charge in [0.05, 0.1) is 24.6 Å². The van der Waals surface area contributed by atoms with Crippen LogP contribution in [-0.4, -0.2) is 60.7 Å². The standard InChI is InChI=1S/C27H27BrN4O5/c28-24-7-6-23(37-24)26(34)29-20-13-18(27(35)30-8-10-36-11-9-30)4-5-22(20)31-14-17-12-19(16-31)21-2-1-3-25(33)32(21)15-17/h1-7,13,17,19H,8-12,14-16H2,(H,29,34)/t17-,19+/m1/s1. The summed E-state index contributed by atoms with van der Waals surface area (Å²) in [4.78, 5) is 42.7. The minimum absolute atomic E-state index is 0.0455. The number of carbonyl (C=O) groups is 2. The quantitative estimate of drug-likeness (QED) is 0.518. The molecule has 2 amide bonds. The van der Waals surface area contributed by atoms with Gasteiger partial charge in [0.25, 0.3) is 17.4 Å². The molecule has 0 radical (unpaired) electrons. The molecule has 2 atom stereocenters. The molecule has 2 fully saturated rings. The number of nitrogens with zero attached hydrogens (tertiary/aromatic N) is 3. The Morgan fingerprint density at radius 1 is 1.00 bits per heavy atom. The van der Waals surface area contributed by atoms with Gasteiger partial charge in [0.15, 0.2) is 10.4 Å². The lowest BCUT2D eigenvalue weighted by atomic mass is 9.83. The molecule has 3 aromatic rings. The normalized spacial score (nSPS) is 20.9. The lowest BCUT2D eigenvalue weighted by Gasteiger charge is -2.44. The van der Waals surface area contributed by atoms with Crippen molar-refractivity contribution in [3.8, 4) is 0 Å². The number of rotatable bonds is 4. The molecule has 0 saturated carbocycles. The first-order valence-electron chi connectivity index (χ1n) is 12.5. The van der Waals surface area contributed by atoms with Crippen LogP contribution in [0.4, 0.5) is 11.4 Å². The molecule has 192 valence electrons. The van der Waals surface area contributed by atoms with Crippen LogP contribution in [0.5, 0.6) is 0 Å². The minimum Gasteiger partial charge on any atom is -0.444 e. The van der Waals surface area contributed by atoms with Crippen LogP contribution in [0, 0.1) is 5.92 Å². The third-order valence-electron chi connectivity index (χ3n) is 7.41. The number of carbonyl (C=O) groups excluding carboxylic acids is 2. The van der Waals surface area contributed by atoms with Gasteiger partial charge in [-0.05, 0) is 64.7 Å². The van der Waals surface area contributed by atoms with Gasteiger partial charge in [-0.1, -0.05) is 6.07 Å². The molecule has 2 bridgehead atoms. The molecule has 2 saturated heterocycles. The summed E-state index contributed by atoms with van der Waals surface area (Å²) in [5.74, 6) is 0.213. The van der Waals surface area contributed by atoms with E-state index < -0.39 is 5.91 Å². The van der Waals surface area contributed by atoms with E-state index in [0.29, 0.717) is 61.2 Å². The number of piperidine rings is 1. The number of pyridine rings is 1. The van der Waals surface area contributed by atoms with E-state index >= 15 is 0 Å². The van der Waals surface area contributed by atoms with E-state index in [4.69, 9.17) is 9.15 Å². The average molecular weight is 567 g/mol. The Morgan fingerprint density at radius 2 is 1.84 bits per heavy atom. The van der Waals surface area contributed by atoms with Gasteiger partial charge in [0, 0.05) is 56.0 Å². The topological polar surface area (TPSA) is 97.0 Å². The molecule has 2 aromatic heterocycles. The first kappa shape index (κ1) is 24.0. The number of fused-ring (bicyclic) bond motifs is 4. The fourth-order valence-electron chi connectivity index (χ4n) is 5.71. The van der Waals surface area contributed by atoms with E-state index in [2.05, 4.69) is 26.1 Å². The molecular formula is C27H27BrN4O5. The fourth-order valence-corrected chi connectivity index (χ4v) is 6.01. The van der Waals surface area contributed by atoms with E-state index in [0.717, 1.165) is 24.3 Å². The second-order valence-corrected chi connectivity index (χ2v) is 10.6. The number of ether oxygens (including phenoxy) is 1. The molecule has 10 heteroatoms. The third kappa shape index (κ3) is 4.71. The van der Waals surface area contributed by atoms with Crippen LogP contribution in [0.1, 0.15) is 38.9 Å². The monoisotopic (exact) mass is 566 g/mol. The zero-order valence-electron chi connectivity index (χ0n) is 20.2. The van der Waals surface area contributed by atoms with Crippen LogP contribution in [0.3, 0.4) is 0 Å². The van der Waals surface area contributed by atoms with Gasteiger partial charge in [0.1, 0.15) is 0 Å². The van der Waals surface area contributed by atoms with Gasteiger partial charge in [-0.3, -0.25) is 14.4 Å². The van der Waals surface area contributed by atoms with Crippen LogP contribution in [-0.2, 0) is 11.3 Å². The van der Waals surface area contributed by atoms with Crippen LogP contribution in [0.25, 0.3) is 0 Å². The summed E-state index contributed by atoms with van der Waals surface area (Å²) in [6, 6.07) is 14.2. The first-order valence-corrected chi connectivity index (χ1v) is 13.3. The Kier molecular flexibility index (Phi) is 6.37. The molecule has 1 N–H and O–H groups in total. The Hall–Kier alpha value is -3.37. The highest BCUT2D eigenvalue weighted by Crippen LogP contribution is 2.39. The lowest BCUT2D eigenvalue weighted by molar-refractivity contribution is 0.0303. The van der Waals surface area contributed by atoms with Crippen LogP contribution >= 0.6 is 15.9 Å². The van der Waals surface area contributed by atoms with Crippen LogP contribution in [0.15, 0.2) is 62.4 Å². The predicted molar refractivity (Wildman–Crippen MR) is 141 cm³/mol. The van der Waals surface area contributed by atoms with Crippen molar-refractivity contribution < 1.29 is 18.7 Å². The zero-order chi connectivity index (χ0) is 25.5. The van der Waals surface area contributed by atoms with Gasteiger partial charge in [0.2, 0.25) is 0 Å². The highest BCUT2D eigenvalue weighted by Gasteiger charge is 2.35. The fraction of sp³-hybridized carbons (Fsp3) is 0.370. The average Bonchev–Trinajstić information content (AvgIpc) is 3.36. The number of anilines is 2. The number of aromatic nitrogens is 1. The SMILES string of the molecule is O=C(Nc1cc(C(=O)N2CCOCC2)ccc1N1C[C@H]2C[C@@H](C1)c1cccc(=O)n1C2)c1ccc(Br)o1. The zero-order valence-corrected chi connectivity index (χ0v) is 21.8. The molecule has 1 aromatic carbocycles. The van der Waals surface area contributed by atoms with Crippen molar-refractivity contribution in [3.63, 3.8) is 0 Å². The van der Waals surface area contributed by atoms with Crippen molar-refractivity contribution >= 4 is 39.1 Å². The van der Waals surface area contributed by atoms with Crippen molar-refractivity contribution in [3.05, 3.63) is 80.6 Å². The molecule has 3 aliphatic rings. The smallest absolute Gasteiger partial charge is 0.291 e. The van der Waals surface area contributed by atoms with Gasteiger partial charge in [-0.2, -0.15) is 0 Å². The molecule has 9 nitrogen and oxygen atoms in total. The molecule has 3 aliphatic heterocycles. The highest BCUT2D eigenvalue weighted by atomic mass is 79.9. The molecule has 37 heavy (non-hydrogen) atoms. The molecule has 0 unspecified atom stereocenters. The number of benzene rings is 1. The molecule has 0 aliphatic carbocycles. The first-order chi connectivity index (χ1) is 18.0. The summed E-state index contributed by atoms with van der Waals surface area (Å²) in [5, 5.41) is 2.98. The summed E-state index contributed by atoms with van der Waals surface area (Å²) in [6.07, 6.45) is 1.02.